The quantitative estimate of drug-likeness (QED) is 0.845. The van der Waals surface area contributed by atoms with E-state index < -0.39 is 11.9 Å². The van der Waals surface area contributed by atoms with Crippen LogP contribution in [0.4, 0.5) is 13.2 Å². The van der Waals surface area contributed by atoms with E-state index in [0.717, 1.165) is 10.4 Å². The van der Waals surface area contributed by atoms with Crippen LogP contribution in [0.2, 0.25) is 0 Å². The summed E-state index contributed by atoms with van der Waals surface area (Å²) in [5, 5.41) is 12.7. The summed E-state index contributed by atoms with van der Waals surface area (Å²) in [6, 6.07) is 7.55. The van der Waals surface area contributed by atoms with E-state index in [1.807, 2.05) is 13.0 Å². The number of carbonyl (C=O) groups is 1. The van der Waals surface area contributed by atoms with Crippen molar-refractivity contribution in [2.75, 3.05) is 7.05 Å². The zero-order valence-corrected chi connectivity index (χ0v) is 14.8. The number of thiophene rings is 1. The lowest BCUT2D eigenvalue weighted by atomic mass is 9.92. The molecule has 2 heterocycles. The molecule has 1 saturated heterocycles. The van der Waals surface area contributed by atoms with E-state index in [9.17, 15) is 18.0 Å². The molecule has 3 rings (SSSR count). The van der Waals surface area contributed by atoms with E-state index in [4.69, 9.17) is 5.41 Å². The third kappa shape index (κ3) is 3.67. The normalized spacial score (nSPS) is 20.9. The number of amides is 1. The Balaban J connectivity index is 1.88. The Morgan fingerprint density at radius 2 is 2.04 bits per heavy atom. The Bertz CT molecular complexity index is 845. The predicted octanol–water partition coefficient (Wildman–Crippen LogP) is 3.92. The van der Waals surface area contributed by atoms with Crippen molar-refractivity contribution in [1.29, 1.82) is 5.41 Å². The molecule has 1 fully saturated rings. The lowest BCUT2D eigenvalue weighted by Gasteiger charge is -2.38. The van der Waals surface area contributed by atoms with Crippen LogP contribution < -0.4 is 10.1 Å². The smallest absolute Gasteiger partial charge is 0.406 e. The van der Waals surface area contributed by atoms with Crippen molar-refractivity contribution in [1.82, 2.24) is 10.2 Å². The fourth-order valence-electron chi connectivity index (χ4n) is 2.73. The number of benzene rings is 1. The summed E-state index contributed by atoms with van der Waals surface area (Å²) < 4.78 is 41.1. The highest BCUT2D eigenvalue weighted by Crippen LogP contribution is 2.37. The topological polar surface area (TPSA) is 65.4 Å². The maximum absolute atomic E-state index is 12.4. The van der Waals surface area contributed by atoms with Crippen LogP contribution in [-0.4, -0.2) is 30.2 Å². The summed E-state index contributed by atoms with van der Waals surface area (Å²) >= 11 is 1.38. The minimum absolute atomic E-state index is 0.0132. The lowest BCUT2D eigenvalue weighted by molar-refractivity contribution is -0.274. The van der Waals surface area contributed by atoms with Gasteiger partial charge in [-0.2, -0.15) is 0 Å². The van der Waals surface area contributed by atoms with Gasteiger partial charge in [0, 0.05) is 11.9 Å². The SMILES string of the molecule is CN1C(=N)N[C@](C)(c2cc(-c3cccc(OC(F)(F)F)c3)cs2)CC1=O. The van der Waals surface area contributed by atoms with Gasteiger partial charge in [-0.05, 0) is 41.6 Å². The van der Waals surface area contributed by atoms with Crippen LogP contribution in [0.1, 0.15) is 18.2 Å². The largest absolute Gasteiger partial charge is 0.573 e. The van der Waals surface area contributed by atoms with Crippen LogP contribution in [0.5, 0.6) is 5.75 Å². The van der Waals surface area contributed by atoms with Crippen molar-refractivity contribution in [3.05, 3.63) is 40.6 Å². The lowest BCUT2D eigenvalue weighted by Crippen LogP contribution is -2.57. The predicted molar refractivity (Wildman–Crippen MR) is 92.0 cm³/mol. The van der Waals surface area contributed by atoms with Gasteiger partial charge in [0.25, 0.3) is 0 Å². The van der Waals surface area contributed by atoms with Crippen molar-refractivity contribution in [2.24, 2.45) is 0 Å². The number of hydrogen-bond acceptors (Lipinski definition) is 4. The van der Waals surface area contributed by atoms with Crippen LogP contribution in [0.15, 0.2) is 35.7 Å². The average Bonchev–Trinajstić information content (AvgIpc) is 3.02. The number of hydrogen-bond donors (Lipinski definition) is 2. The van der Waals surface area contributed by atoms with E-state index in [-0.39, 0.29) is 24.0 Å². The molecule has 1 aliphatic heterocycles. The summed E-state index contributed by atoms with van der Waals surface area (Å²) in [6.07, 6.45) is -4.56. The number of carbonyl (C=O) groups excluding carboxylic acids is 1. The van der Waals surface area contributed by atoms with Gasteiger partial charge < -0.3 is 10.1 Å². The molecule has 5 nitrogen and oxygen atoms in total. The summed E-state index contributed by atoms with van der Waals surface area (Å²) in [7, 11) is 1.53. The van der Waals surface area contributed by atoms with Crippen LogP contribution in [0.25, 0.3) is 11.1 Å². The van der Waals surface area contributed by atoms with Crippen LogP contribution in [0, 0.1) is 5.41 Å². The monoisotopic (exact) mass is 383 g/mol. The fourth-order valence-corrected chi connectivity index (χ4v) is 3.77. The zero-order chi connectivity index (χ0) is 19.1. The second kappa shape index (κ2) is 6.31. The molecule has 0 bridgehead atoms. The molecule has 1 aromatic carbocycles. The highest BCUT2D eigenvalue weighted by Gasteiger charge is 2.39. The minimum Gasteiger partial charge on any atom is -0.406 e. The summed E-state index contributed by atoms with van der Waals surface area (Å²) in [5.74, 6) is -0.450. The van der Waals surface area contributed by atoms with Gasteiger partial charge in [-0.25, -0.2) is 0 Å². The summed E-state index contributed by atoms with van der Waals surface area (Å²) in [4.78, 5) is 14.1. The van der Waals surface area contributed by atoms with Gasteiger partial charge in [0.1, 0.15) is 5.75 Å². The van der Waals surface area contributed by atoms with E-state index in [1.54, 1.807) is 11.4 Å². The first-order chi connectivity index (χ1) is 12.1. The summed E-state index contributed by atoms with van der Waals surface area (Å²) in [6.45, 7) is 1.82. The van der Waals surface area contributed by atoms with Gasteiger partial charge in [-0.3, -0.25) is 15.1 Å². The Hall–Kier alpha value is -2.55. The maximum Gasteiger partial charge on any atom is 0.573 e. The van der Waals surface area contributed by atoms with Gasteiger partial charge in [-0.15, -0.1) is 24.5 Å². The third-order valence-electron chi connectivity index (χ3n) is 4.15. The van der Waals surface area contributed by atoms with E-state index in [1.165, 1.54) is 41.5 Å². The first-order valence-corrected chi connectivity index (χ1v) is 8.54. The zero-order valence-electron chi connectivity index (χ0n) is 14.0. The maximum atomic E-state index is 12.4. The van der Waals surface area contributed by atoms with Crippen molar-refractivity contribution in [3.63, 3.8) is 0 Å². The number of alkyl halides is 3. The average molecular weight is 383 g/mol. The Labute approximate surface area is 151 Å². The summed E-state index contributed by atoms with van der Waals surface area (Å²) in [5.41, 5.74) is 0.565. The van der Waals surface area contributed by atoms with Gasteiger partial charge >= 0.3 is 6.36 Å². The second-order valence-electron chi connectivity index (χ2n) is 6.21. The molecule has 1 aliphatic rings. The van der Waals surface area contributed by atoms with E-state index in [0.29, 0.717) is 5.56 Å². The van der Waals surface area contributed by atoms with Gasteiger partial charge in [0.15, 0.2) is 5.96 Å². The molecule has 0 radical (unpaired) electrons. The molecular weight excluding hydrogens is 367 g/mol. The number of ether oxygens (including phenoxy) is 1. The van der Waals surface area contributed by atoms with E-state index in [2.05, 4.69) is 10.1 Å². The van der Waals surface area contributed by atoms with Crippen molar-refractivity contribution in [3.8, 4) is 16.9 Å². The molecule has 2 aromatic rings. The number of nitrogens with zero attached hydrogens (tertiary/aromatic N) is 1. The Kier molecular flexibility index (Phi) is 4.43. The van der Waals surface area contributed by atoms with Crippen molar-refractivity contribution < 1.29 is 22.7 Å². The molecule has 1 amide bonds. The molecule has 0 saturated carbocycles. The molecule has 26 heavy (non-hydrogen) atoms. The van der Waals surface area contributed by atoms with Crippen LogP contribution in [-0.2, 0) is 10.3 Å². The molecule has 9 heteroatoms. The molecular formula is C17H16F3N3O2S. The number of rotatable bonds is 3. The van der Waals surface area contributed by atoms with Crippen molar-refractivity contribution >= 4 is 23.2 Å². The standard InChI is InChI=1S/C17H16F3N3O2S/c1-16(8-14(24)23(2)15(21)22-16)13-7-11(9-26-13)10-4-3-5-12(6-10)25-17(18,19)20/h3-7,9H,8H2,1-2H3,(H2,21,22)/t16-/m0/s1. The molecule has 0 aliphatic carbocycles. The van der Waals surface area contributed by atoms with Gasteiger partial charge in [0.05, 0.1) is 12.0 Å². The van der Waals surface area contributed by atoms with Crippen molar-refractivity contribution in [2.45, 2.75) is 25.2 Å². The molecule has 138 valence electrons. The highest BCUT2D eigenvalue weighted by atomic mass is 32.1. The minimum atomic E-state index is -4.75. The van der Waals surface area contributed by atoms with Crippen LogP contribution >= 0.6 is 11.3 Å². The molecule has 2 N–H and O–H groups in total. The number of nitrogens with one attached hydrogen (secondary N) is 2. The van der Waals surface area contributed by atoms with E-state index >= 15 is 0 Å². The van der Waals surface area contributed by atoms with Gasteiger partial charge in [-0.1, -0.05) is 12.1 Å². The Morgan fingerprint density at radius 1 is 1.31 bits per heavy atom. The second-order valence-corrected chi connectivity index (χ2v) is 7.12. The molecule has 1 aromatic heterocycles. The fraction of sp³-hybridized carbons (Fsp3) is 0.294. The highest BCUT2D eigenvalue weighted by molar-refractivity contribution is 7.10. The van der Waals surface area contributed by atoms with Crippen LogP contribution in [0.3, 0.4) is 0 Å². The first kappa shape index (κ1) is 18.2. The Morgan fingerprint density at radius 3 is 2.69 bits per heavy atom. The molecule has 0 spiro atoms. The van der Waals surface area contributed by atoms with Gasteiger partial charge in [0.2, 0.25) is 5.91 Å². The molecule has 0 unspecified atom stereocenters. The molecule has 1 atom stereocenters. The number of guanidine groups is 1. The number of halogens is 3. The first-order valence-electron chi connectivity index (χ1n) is 7.66. The third-order valence-corrected chi connectivity index (χ3v) is 5.35.